The Morgan fingerprint density at radius 3 is 2.62 bits per heavy atom. The maximum absolute atomic E-state index is 13.7. The van der Waals surface area contributed by atoms with Gasteiger partial charge in [0, 0.05) is 18.0 Å². The summed E-state index contributed by atoms with van der Waals surface area (Å²) in [5.41, 5.74) is 7.20. The van der Waals surface area contributed by atoms with Gasteiger partial charge in [-0.05, 0) is 56.0 Å². The molecule has 5 nitrogen and oxygen atoms in total. The van der Waals surface area contributed by atoms with Gasteiger partial charge < -0.3 is 20.5 Å². The van der Waals surface area contributed by atoms with E-state index < -0.39 is 5.82 Å². The SMILES string of the molecule is COc1cc(C)ccc1Oc1ccc(F)cc1NC(=O)C1CCC(N)C1. The first-order valence-corrected chi connectivity index (χ1v) is 8.64. The third-order valence-corrected chi connectivity index (χ3v) is 4.58. The maximum Gasteiger partial charge on any atom is 0.227 e. The van der Waals surface area contributed by atoms with E-state index in [4.69, 9.17) is 15.2 Å². The number of nitrogens with two attached hydrogens (primary N) is 1. The minimum absolute atomic E-state index is 0.0470. The number of rotatable bonds is 5. The average molecular weight is 358 g/mol. The molecule has 1 aliphatic rings. The summed E-state index contributed by atoms with van der Waals surface area (Å²) in [6.45, 7) is 1.95. The topological polar surface area (TPSA) is 73.6 Å². The Hall–Kier alpha value is -2.60. The summed E-state index contributed by atoms with van der Waals surface area (Å²) in [5.74, 6) is 0.631. The fourth-order valence-electron chi connectivity index (χ4n) is 3.16. The van der Waals surface area contributed by atoms with Crippen LogP contribution in [0.2, 0.25) is 0 Å². The van der Waals surface area contributed by atoms with E-state index in [2.05, 4.69) is 5.32 Å². The molecule has 1 fully saturated rings. The fourth-order valence-corrected chi connectivity index (χ4v) is 3.16. The second-order valence-electron chi connectivity index (χ2n) is 6.66. The van der Waals surface area contributed by atoms with Crippen molar-refractivity contribution in [3.05, 3.63) is 47.8 Å². The lowest BCUT2D eigenvalue weighted by Crippen LogP contribution is -2.23. The molecule has 0 aromatic heterocycles. The second-order valence-corrected chi connectivity index (χ2v) is 6.66. The predicted octanol–water partition coefficient (Wildman–Crippen LogP) is 4.00. The van der Waals surface area contributed by atoms with E-state index >= 15 is 0 Å². The van der Waals surface area contributed by atoms with Crippen LogP contribution >= 0.6 is 0 Å². The van der Waals surface area contributed by atoms with Gasteiger partial charge in [0.15, 0.2) is 17.2 Å². The smallest absolute Gasteiger partial charge is 0.227 e. The quantitative estimate of drug-likeness (QED) is 0.847. The zero-order valence-corrected chi connectivity index (χ0v) is 14.9. The third-order valence-electron chi connectivity index (χ3n) is 4.58. The molecule has 0 saturated heterocycles. The highest BCUT2D eigenvalue weighted by atomic mass is 19.1. The van der Waals surface area contributed by atoms with Gasteiger partial charge in [0.05, 0.1) is 12.8 Å². The summed E-state index contributed by atoms with van der Waals surface area (Å²) in [6, 6.07) is 9.59. The highest BCUT2D eigenvalue weighted by Gasteiger charge is 2.28. The standard InChI is InChI=1S/C20H23FN2O3/c1-12-3-7-18(19(9-12)25-2)26-17-8-5-14(21)11-16(17)23-20(24)13-4-6-15(22)10-13/h3,5,7-9,11,13,15H,4,6,10,22H2,1-2H3,(H,23,24). The number of hydrogen-bond donors (Lipinski definition) is 2. The normalized spacial score (nSPS) is 19.2. The molecule has 2 aromatic carbocycles. The molecule has 26 heavy (non-hydrogen) atoms. The molecule has 138 valence electrons. The van der Waals surface area contributed by atoms with Gasteiger partial charge in [-0.2, -0.15) is 0 Å². The van der Waals surface area contributed by atoms with Gasteiger partial charge >= 0.3 is 0 Å². The summed E-state index contributed by atoms with van der Waals surface area (Å²) in [6.07, 6.45) is 2.21. The van der Waals surface area contributed by atoms with Crippen LogP contribution in [-0.2, 0) is 4.79 Å². The van der Waals surface area contributed by atoms with Crippen molar-refractivity contribution in [2.24, 2.45) is 11.7 Å². The lowest BCUT2D eigenvalue weighted by atomic mass is 10.1. The lowest BCUT2D eigenvalue weighted by molar-refractivity contribution is -0.119. The lowest BCUT2D eigenvalue weighted by Gasteiger charge is -2.16. The fraction of sp³-hybridized carbons (Fsp3) is 0.350. The van der Waals surface area contributed by atoms with Crippen LogP contribution in [0.5, 0.6) is 17.2 Å². The number of methoxy groups -OCH3 is 1. The molecule has 1 aliphatic carbocycles. The number of amides is 1. The van der Waals surface area contributed by atoms with E-state index in [1.807, 2.05) is 19.1 Å². The summed E-state index contributed by atoms with van der Waals surface area (Å²) >= 11 is 0. The van der Waals surface area contributed by atoms with Crippen LogP contribution in [0.25, 0.3) is 0 Å². The first-order chi connectivity index (χ1) is 12.5. The Morgan fingerprint density at radius 2 is 1.92 bits per heavy atom. The molecule has 3 rings (SSSR count). The van der Waals surface area contributed by atoms with Crippen LogP contribution in [-0.4, -0.2) is 19.1 Å². The zero-order chi connectivity index (χ0) is 18.7. The molecule has 0 heterocycles. The number of hydrogen-bond acceptors (Lipinski definition) is 4. The molecule has 2 atom stereocenters. The first-order valence-electron chi connectivity index (χ1n) is 8.64. The summed E-state index contributed by atoms with van der Waals surface area (Å²) < 4.78 is 25.0. The van der Waals surface area contributed by atoms with Crippen molar-refractivity contribution in [1.29, 1.82) is 0 Å². The molecule has 0 radical (unpaired) electrons. The molecule has 1 saturated carbocycles. The number of benzene rings is 2. The van der Waals surface area contributed by atoms with Crippen molar-refractivity contribution >= 4 is 11.6 Å². The van der Waals surface area contributed by atoms with Crippen LogP contribution in [0.4, 0.5) is 10.1 Å². The number of anilines is 1. The van der Waals surface area contributed by atoms with E-state index in [0.717, 1.165) is 18.4 Å². The monoisotopic (exact) mass is 358 g/mol. The van der Waals surface area contributed by atoms with Crippen LogP contribution in [0, 0.1) is 18.7 Å². The number of carbonyl (C=O) groups excluding carboxylic acids is 1. The van der Waals surface area contributed by atoms with Gasteiger partial charge in [-0.25, -0.2) is 4.39 Å². The Morgan fingerprint density at radius 1 is 1.15 bits per heavy atom. The van der Waals surface area contributed by atoms with Crippen molar-refractivity contribution < 1.29 is 18.7 Å². The largest absolute Gasteiger partial charge is 0.493 e. The van der Waals surface area contributed by atoms with Crippen LogP contribution in [0.3, 0.4) is 0 Å². The Kier molecular flexibility index (Phi) is 5.42. The minimum atomic E-state index is -0.452. The van der Waals surface area contributed by atoms with E-state index in [1.165, 1.54) is 18.2 Å². The van der Waals surface area contributed by atoms with Gasteiger partial charge in [-0.1, -0.05) is 6.07 Å². The molecule has 3 N–H and O–H groups in total. The van der Waals surface area contributed by atoms with Crippen molar-refractivity contribution in [3.8, 4) is 17.2 Å². The molecule has 1 amide bonds. The van der Waals surface area contributed by atoms with Gasteiger partial charge in [0.2, 0.25) is 5.91 Å². The van der Waals surface area contributed by atoms with Crippen molar-refractivity contribution in [2.75, 3.05) is 12.4 Å². The van der Waals surface area contributed by atoms with Crippen LogP contribution in [0.15, 0.2) is 36.4 Å². The van der Waals surface area contributed by atoms with E-state index in [1.54, 1.807) is 13.2 Å². The van der Waals surface area contributed by atoms with Crippen LogP contribution < -0.4 is 20.5 Å². The number of carbonyl (C=O) groups is 1. The molecule has 2 unspecified atom stereocenters. The number of ether oxygens (including phenoxy) is 2. The number of aryl methyl sites for hydroxylation is 1. The molecule has 0 bridgehead atoms. The highest BCUT2D eigenvalue weighted by Crippen LogP contribution is 2.36. The summed E-state index contributed by atoms with van der Waals surface area (Å²) in [5, 5.41) is 2.78. The number of halogens is 1. The Balaban J connectivity index is 1.83. The molecular formula is C20H23FN2O3. The van der Waals surface area contributed by atoms with E-state index in [-0.39, 0.29) is 23.6 Å². The predicted molar refractivity (Wildman–Crippen MR) is 98.2 cm³/mol. The average Bonchev–Trinajstić information content (AvgIpc) is 3.05. The molecule has 6 heteroatoms. The van der Waals surface area contributed by atoms with E-state index in [9.17, 15) is 9.18 Å². The first kappa shape index (κ1) is 18.2. The van der Waals surface area contributed by atoms with Crippen molar-refractivity contribution in [1.82, 2.24) is 0 Å². The van der Waals surface area contributed by atoms with Crippen molar-refractivity contribution in [2.45, 2.75) is 32.2 Å². The van der Waals surface area contributed by atoms with Gasteiger partial charge in [0.1, 0.15) is 5.82 Å². The summed E-state index contributed by atoms with van der Waals surface area (Å²) in [4.78, 5) is 12.5. The minimum Gasteiger partial charge on any atom is -0.493 e. The Bertz CT molecular complexity index is 810. The van der Waals surface area contributed by atoms with Gasteiger partial charge in [-0.3, -0.25) is 4.79 Å². The zero-order valence-electron chi connectivity index (χ0n) is 14.9. The third kappa shape index (κ3) is 4.14. The molecular weight excluding hydrogens is 335 g/mol. The van der Waals surface area contributed by atoms with Crippen molar-refractivity contribution in [3.63, 3.8) is 0 Å². The second kappa shape index (κ2) is 7.74. The highest BCUT2D eigenvalue weighted by molar-refractivity contribution is 5.94. The number of nitrogens with one attached hydrogen (secondary N) is 1. The molecule has 0 aliphatic heterocycles. The summed E-state index contributed by atoms with van der Waals surface area (Å²) in [7, 11) is 1.55. The van der Waals surface area contributed by atoms with Gasteiger partial charge in [-0.15, -0.1) is 0 Å². The van der Waals surface area contributed by atoms with Crippen LogP contribution in [0.1, 0.15) is 24.8 Å². The van der Waals surface area contributed by atoms with Gasteiger partial charge in [0.25, 0.3) is 0 Å². The maximum atomic E-state index is 13.7. The molecule has 2 aromatic rings. The Labute approximate surface area is 152 Å². The van der Waals surface area contributed by atoms with E-state index in [0.29, 0.717) is 23.7 Å². The molecule has 0 spiro atoms.